The molecule has 0 aromatic carbocycles. The van der Waals surface area contributed by atoms with Gasteiger partial charge in [-0.2, -0.15) is 0 Å². The molecule has 0 saturated heterocycles. The third-order valence-electron chi connectivity index (χ3n) is 1.72. The standard InChI is InChI=1S/C8H14N2O/c1-4-7-5-10-8(11-7)6(2)9-3/h5-6,9H,4H2,1-3H3. The van der Waals surface area contributed by atoms with Crippen molar-refractivity contribution in [1.29, 1.82) is 0 Å². The first kappa shape index (κ1) is 8.27. The number of nitrogens with zero attached hydrogens (tertiary/aromatic N) is 1. The number of hydrogen-bond donors (Lipinski definition) is 1. The van der Waals surface area contributed by atoms with E-state index < -0.39 is 0 Å². The molecule has 0 saturated carbocycles. The summed E-state index contributed by atoms with van der Waals surface area (Å²) in [6, 6.07) is 0.204. The van der Waals surface area contributed by atoms with Gasteiger partial charge in [-0.1, -0.05) is 6.92 Å². The number of oxazole rings is 1. The maximum absolute atomic E-state index is 5.41. The molecule has 1 N–H and O–H groups in total. The molecule has 3 nitrogen and oxygen atoms in total. The Balaban J connectivity index is 2.71. The number of aryl methyl sites for hydroxylation is 1. The van der Waals surface area contributed by atoms with Crippen LogP contribution in [0.15, 0.2) is 10.6 Å². The van der Waals surface area contributed by atoms with Crippen molar-refractivity contribution >= 4 is 0 Å². The van der Waals surface area contributed by atoms with E-state index in [4.69, 9.17) is 4.42 Å². The van der Waals surface area contributed by atoms with E-state index in [1.807, 2.05) is 20.9 Å². The third kappa shape index (κ3) is 1.80. The Morgan fingerprint density at radius 1 is 1.73 bits per heavy atom. The van der Waals surface area contributed by atoms with E-state index in [2.05, 4.69) is 10.3 Å². The molecule has 3 heteroatoms. The molecule has 1 rings (SSSR count). The van der Waals surface area contributed by atoms with Crippen molar-refractivity contribution in [2.75, 3.05) is 7.05 Å². The van der Waals surface area contributed by atoms with Crippen LogP contribution in [-0.4, -0.2) is 12.0 Å². The summed E-state index contributed by atoms with van der Waals surface area (Å²) >= 11 is 0. The molecule has 0 radical (unpaired) electrons. The van der Waals surface area contributed by atoms with E-state index in [0.29, 0.717) is 0 Å². The summed E-state index contributed by atoms with van der Waals surface area (Å²) in [6.45, 7) is 4.07. The highest BCUT2D eigenvalue weighted by atomic mass is 16.4. The highest BCUT2D eigenvalue weighted by molar-refractivity contribution is 4.96. The fraction of sp³-hybridized carbons (Fsp3) is 0.625. The lowest BCUT2D eigenvalue weighted by molar-refractivity contribution is 0.410. The lowest BCUT2D eigenvalue weighted by atomic mass is 10.3. The van der Waals surface area contributed by atoms with Crippen molar-refractivity contribution in [3.8, 4) is 0 Å². The van der Waals surface area contributed by atoms with Crippen molar-refractivity contribution in [1.82, 2.24) is 10.3 Å². The summed E-state index contributed by atoms with van der Waals surface area (Å²) in [5, 5.41) is 3.06. The Hall–Kier alpha value is -0.830. The van der Waals surface area contributed by atoms with Gasteiger partial charge in [0.1, 0.15) is 5.76 Å². The number of nitrogens with one attached hydrogen (secondary N) is 1. The Morgan fingerprint density at radius 2 is 2.45 bits per heavy atom. The minimum Gasteiger partial charge on any atom is -0.444 e. The van der Waals surface area contributed by atoms with Crippen molar-refractivity contribution in [3.63, 3.8) is 0 Å². The van der Waals surface area contributed by atoms with Crippen LogP contribution in [0.5, 0.6) is 0 Å². The predicted octanol–water partition coefficient (Wildman–Crippen LogP) is 1.52. The van der Waals surface area contributed by atoms with Crippen LogP contribution in [0, 0.1) is 0 Å². The minimum atomic E-state index is 0.204. The zero-order valence-electron chi connectivity index (χ0n) is 7.22. The van der Waals surface area contributed by atoms with Crippen LogP contribution < -0.4 is 5.32 Å². The SMILES string of the molecule is CCc1cnc(C(C)NC)o1. The molecule has 1 aromatic rings. The van der Waals surface area contributed by atoms with Crippen LogP contribution in [0.1, 0.15) is 31.5 Å². The van der Waals surface area contributed by atoms with Gasteiger partial charge in [-0.05, 0) is 14.0 Å². The highest BCUT2D eigenvalue weighted by Gasteiger charge is 2.08. The molecule has 11 heavy (non-hydrogen) atoms. The van der Waals surface area contributed by atoms with E-state index >= 15 is 0 Å². The van der Waals surface area contributed by atoms with Gasteiger partial charge in [-0.3, -0.25) is 0 Å². The molecule has 0 bridgehead atoms. The topological polar surface area (TPSA) is 38.1 Å². The van der Waals surface area contributed by atoms with E-state index in [-0.39, 0.29) is 6.04 Å². The molecule has 1 aromatic heterocycles. The fourth-order valence-corrected chi connectivity index (χ4v) is 0.810. The van der Waals surface area contributed by atoms with Crippen molar-refractivity contribution in [3.05, 3.63) is 17.8 Å². The van der Waals surface area contributed by atoms with Gasteiger partial charge in [-0.15, -0.1) is 0 Å². The molecule has 1 unspecified atom stereocenters. The molecule has 1 atom stereocenters. The Morgan fingerprint density at radius 3 is 2.91 bits per heavy atom. The van der Waals surface area contributed by atoms with E-state index in [1.165, 1.54) is 0 Å². The number of rotatable bonds is 3. The van der Waals surface area contributed by atoms with Gasteiger partial charge < -0.3 is 9.73 Å². The van der Waals surface area contributed by atoms with E-state index in [9.17, 15) is 0 Å². The first-order valence-corrected chi connectivity index (χ1v) is 3.89. The number of hydrogen-bond acceptors (Lipinski definition) is 3. The van der Waals surface area contributed by atoms with Crippen LogP contribution >= 0.6 is 0 Å². The van der Waals surface area contributed by atoms with Gasteiger partial charge in [0.25, 0.3) is 0 Å². The molecule has 0 fully saturated rings. The molecule has 0 aliphatic rings. The molecule has 0 amide bonds. The summed E-state index contributed by atoms with van der Waals surface area (Å²) in [7, 11) is 1.89. The van der Waals surface area contributed by atoms with Crippen molar-refractivity contribution in [2.24, 2.45) is 0 Å². The van der Waals surface area contributed by atoms with Crippen molar-refractivity contribution in [2.45, 2.75) is 26.3 Å². The lowest BCUT2D eigenvalue weighted by Gasteiger charge is -2.02. The fourth-order valence-electron chi connectivity index (χ4n) is 0.810. The summed E-state index contributed by atoms with van der Waals surface area (Å²) < 4.78 is 5.41. The molecule has 0 spiro atoms. The zero-order valence-corrected chi connectivity index (χ0v) is 7.22. The molecule has 1 heterocycles. The largest absolute Gasteiger partial charge is 0.444 e. The third-order valence-corrected chi connectivity index (χ3v) is 1.72. The Bertz CT molecular complexity index is 220. The maximum atomic E-state index is 5.41. The summed E-state index contributed by atoms with van der Waals surface area (Å²) in [4.78, 5) is 4.13. The summed E-state index contributed by atoms with van der Waals surface area (Å²) in [5.74, 6) is 1.71. The van der Waals surface area contributed by atoms with Crippen LogP contribution in [-0.2, 0) is 6.42 Å². The quantitative estimate of drug-likeness (QED) is 0.717. The van der Waals surface area contributed by atoms with Gasteiger partial charge >= 0.3 is 0 Å². The normalized spacial score (nSPS) is 13.4. The van der Waals surface area contributed by atoms with Crippen LogP contribution in [0.2, 0.25) is 0 Å². The monoisotopic (exact) mass is 154 g/mol. The van der Waals surface area contributed by atoms with Gasteiger partial charge in [0.2, 0.25) is 5.89 Å². The molecule has 62 valence electrons. The van der Waals surface area contributed by atoms with E-state index in [0.717, 1.165) is 18.1 Å². The van der Waals surface area contributed by atoms with Crippen molar-refractivity contribution < 1.29 is 4.42 Å². The van der Waals surface area contributed by atoms with Gasteiger partial charge in [-0.25, -0.2) is 4.98 Å². The van der Waals surface area contributed by atoms with Gasteiger partial charge in [0.05, 0.1) is 12.2 Å². The molecular formula is C8H14N2O. The molecular weight excluding hydrogens is 140 g/mol. The average Bonchev–Trinajstić information content (AvgIpc) is 2.50. The van der Waals surface area contributed by atoms with E-state index in [1.54, 1.807) is 6.20 Å². The second-order valence-electron chi connectivity index (χ2n) is 2.53. The zero-order chi connectivity index (χ0) is 8.27. The smallest absolute Gasteiger partial charge is 0.211 e. The molecule has 0 aliphatic carbocycles. The minimum absolute atomic E-state index is 0.204. The van der Waals surface area contributed by atoms with Crippen LogP contribution in [0.4, 0.5) is 0 Å². The highest BCUT2D eigenvalue weighted by Crippen LogP contribution is 2.11. The molecule has 0 aliphatic heterocycles. The van der Waals surface area contributed by atoms with Gasteiger partial charge in [0, 0.05) is 6.42 Å². The summed E-state index contributed by atoms with van der Waals surface area (Å²) in [5.41, 5.74) is 0. The second kappa shape index (κ2) is 3.53. The maximum Gasteiger partial charge on any atom is 0.211 e. The second-order valence-corrected chi connectivity index (χ2v) is 2.53. The van der Waals surface area contributed by atoms with Crippen LogP contribution in [0.25, 0.3) is 0 Å². The van der Waals surface area contributed by atoms with Crippen LogP contribution in [0.3, 0.4) is 0 Å². The average molecular weight is 154 g/mol. The predicted molar refractivity (Wildman–Crippen MR) is 43.4 cm³/mol. The Kier molecular flexibility index (Phi) is 2.65. The summed E-state index contributed by atoms with van der Waals surface area (Å²) in [6.07, 6.45) is 2.69. The lowest BCUT2D eigenvalue weighted by Crippen LogP contribution is -2.12. The number of aromatic nitrogens is 1. The first-order chi connectivity index (χ1) is 5.27. The first-order valence-electron chi connectivity index (χ1n) is 3.89. The Labute approximate surface area is 66.8 Å². The van der Waals surface area contributed by atoms with Gasteiger partial charge in [0.15, 0.2) is 0 Å².